The first-order valence-electron chi connectivity index (χ1n) is 10.5. The molecule has 0 bridgehead atoms. The minimum atomic E-state index is -0.00532. The van der Waals surface area contributed by atoms with Gasteiger partial charge in [-0.3, -0.25) is 0 Å². The Morgan fingerprint density at radius 1 is 0.839 bits per heavy atom. The Morgan fingerprint density at radius 2 is 1.65 bits per heavy atom. The molecule has 3 heterocycles. The van der Waals surface area contributed by atoms with E-state index in [1.54, 1.807) is 12.6 Å². The highest BCUT2D eigenvalue weighted by molar-refractivity contribution is 6.21. The van der Waals surface area contributed by atoms with Crippen LogP contribution in [0.3, 0.4) is 0 Å². The SMILES string of the molecule is Cc1coc2ccc3oc4ncnc(-c5cc(C(C)(C)C)c6ccccc6c5)c4c3c12. The lowest BCUT2D eigenvalue weighted by atomic mass is 9.82. The van der Waals surface area contributed by atoms with Gasteiger partial charge in [-0.1, -0.05) is 45.0 Å². The van der Waals surface area contributed by atoms with Crippen LogP contribution in [0.4, 0.5) is 0 Å². The largest absolute Gasteiger partial charge is 0.464 e. The maximum absolute atomic E-state index is 6.14. The fourth-order valence-corrected chi connectivity index (χ4v) is 4.66. The average Bonchev–Trinajstić information content (AvgIpc) is 3.32. The number of aryl methyl sites for hydroxylation is 1. The molecule has 0 saturated heterocycles. The highest BCUT2D eigenvalue weighted by atomic mass is 16.3. The molecular formula is C27H22N2O2. The van der Waals surface area contributed by atoms with Gasteiger partial charge in [0.05, 0.1) is 17.3 Å². The Morgan fingerprint density at radius 3 is 2.48 bits per heavy atom. The predicted octanol–water partition coefficient (Wildman–Crippen LogP) is 7.55. The van der Waals surface area contributed by atoms with Crippen LogP contribution in [-0.4, -0.2) is 9.97 Å². The molecule has 6 aromatic rings. The van der Waals surface area contributed by atoms with E-state index >= 15 is 0 Å². The van der Waals surface area contributed by atoms with Crippen LogP contribution in [-0.2, 0) is 5.41 Å². The normalized spacial score (nSPS) is 12.5. The van der Waals surface area contributed by atoms with Gasteiger partial charge in [0, 0.05) is 16.3 Å². The van der Waals surface area contributed by atoms with Crippen molar-refractivity contribution in [2.45, 2.75) is 33.1 Å². The average molecular weight is 406 g/mol. The summed E-state index contributed by atoms with van der Waals surface area (Å²) in [6.45, 7) is 8.81. The Hall–Kier alpha value is -3.66. The van der Waals surface area contributed by atoms with Crippen LogP contribution in [0.5, 0.6) is 0 Å². The highest BCUT2D eigenvalue weighted by Gasteiger charge is 2.22. The van der Waals surface area contributed by atoms with Gasteiger partial charge in [-0.15, -0.1) is 0 Å². The summed E-state index contributed by atoms with van der Waals surface area (Å²) in [6.07, 6.45) is 3.38. The number of furan rings is 2. The first-order chi connectivity index (χ1) is 14.9. The van der Waals surface area contributed by atoms with E-state index in [1.165, 1.54) is 16.3 Å². The first kappa shape index (κ1) is 18.1. The van der Waals surface area contributed by atoms with Crippen LogP contribution in [0.25, 0.3) is 55.1 Å². The number of hydrogen-bond donors (Lipinski definition) is 0. The fourth-order valence-electron chi connectivity index (χ4n) is 4.66. The minimum absolute atomic E-state index is 0.00532. The van der Waals surface area contributed by atoms with Crippen LogP contribution < -0.4 is 0 Å². The monoisotopic (exact) mass is 406 g/mol. The van der Waals surface area contributed by atoms with Crippen molar-refractivity contribution in [3.05, 3.63) is 72.2 Å². The maximum Gasteiger partial charge on any atom is 0.231 e. The molecule has 4 nitrogen and oxygen atoms in total. The van der Waals surface area contributed by atoms with Crippen molar-refractivity contribution >= 4 is 43.8 Å². The van der Waals surface area contributed by atoms with E-state index in [1.807, 2.05) is 12.1 Å². The summed E-state index contributed by atoms with van der Waals surface area (Å²) in [5, 5.41) is 5.48. The molecule has 6 rings (SSSR count). The van der Waals surface area contributed by atoms with Gasteiger partial charge in [0.2, 0.25) is 5.71 Å². The third-order valence-corrected chi connectivity index (χ3v) is 6.10. The number of hydrogen-bond acceptors (Lipinski definition) is 4. The molecule has 0 spiro atoms. The smallest absolute Gasteiger partial charge is 0.231 e. The zero-order valence-electron chi connectivity index (χ0n) is 18.0. The Bertz CT molecular complexity index is 1630. The minimum Gasteiger partial charge on any atom is -0.464 e. The summed E-state index contributed by atoms with van der Waals surface area (Å²) in [4.78, 5) is 9.20. The molecule has 3 aromatic heterocycles. The molecular weight excluding hydrogens is 384 g/mol. The molecule has 0 saturated carbocycles. The van der Waals surface area contributed by atoms with E-state index in [2.05, 4.69) is 69.1 Å². The molecule has 0 atom stereocenters. The Balaban J connectivity index is 1.78. The number of rotatable bonds is 1. The molecule has 152 valence electrons. The molecule has 0 aliphatic rings. The van der Waals surface area contributed by atoms with Crippen LogP contribution in [0, 0.1) is 6.92 Å². The predicted molar refractivity (Wildman–Crippen MR) is 125 cm³/mol. The Kier molecular flexibility index (Phi) is 3.61. The molecule has 3 aromatic carbocycles. The van der Waals surface area contributed by atoms with Gasteiger partial charge in [0.1, 0.15) is 17.5 Å². The summed E-state index contributed by atoms with van der Waals surface area (Å²) < 4.78 is 11.9. The summed E-state index contributed by atoms with van der Waals surface area (Å²) in [6, 6.07) is 16.9. The van der Waals surface area contributed by atoms with Gasteiger partial charge < -0.3 is 8.83 Å². The van der Waals surface area contributed by atoms with Crippen molar-refractivity contribution in [1.82, 2.24) is 9.97 Å². The number of fused-ring (bicyclic) bond motifs is 6. The second-order valence-corrected chi connectivity index (χ2v) is 9.23. The van der Waals surface area contributed by atoms with Crippen molar-refractivity contribution in [2.75, 3.05) is 0 Å². The lowest BCUT2D eigenvalue weighted by Crippen LogP contribution is -2.12. The van der Waals surface area contributed by atoms with Gasteiger partial charge in [-0.2, -0.15) is 0 Å². The summed E-state index contributed by atoms with van der Waals surface area (Å²) >= 11 is 0. The second kappa shape index (κ2) is 6.17. The zero-order valence-corrected chi connectivity index (χ0v) is 18.0. The molecule has 0 N–H and O–H groups in total. The zero-order chi connectivity index (χ0) is 21.3. The molecule has 0 fully saturated rings. The fraction of sp³-hybridized carbons (Fsp3) is 0.185. The van der Waals surface area contributed by atoms with Gasteiger partial charge in [0.25, 0.3) is 0 Å². The van der Waals surface area contributed by atoms with Crippen molar-refractivity contribution in [1.29, 1.82) is 0 Å². The summed E-state index contributed by atoms with van der Waals surface area (Å²) in [5.74, 6) is 0. The number of benzene rings is 3. The molecule has 31 heavy (non-hydrogen) atoms. The quantitative estimate of drug-likeness (QED) is 0.283. The van der Waals surface area contributed by atoms with Crippen molar-refractivity contribution in [3.63, 3.8) is 0 Å². The van der Waals surface area contributed by atoms with Gasteiger partial charge in [-0.05, 0) is 58.5 Å². The summed E-state index contributed by atoms with van der Waals surface area (Å²) in [5.41, 5.74) is 6.55. The number of aromatic nitrogens is 2. The van der Waals surface area contributed by atoms with Crippen molar-refractivity contribution in [3.8, 4) is 11.3 Å². The van der Waals surface area contributed by atoms with E-state index < -0.39 is 0 Å². The van der Waals surface area contributed by atoms with E-state index in [-0.39, 0.29) is 5.41 Å². The Labute approximate surface area is 179 Å². The maximum atomic E-state index is 6.14. The van der Waals surface area contributed by atoms with Crippen LogP contribution in [0.1, 0.15) is 31.9 Å². The standard InChI is InChI=1S/C27H22N2O2/c1-15-13-30-20-9-10-21-23(22(15)20)24-25(28-14-29-26(24)31-21)17-11-16-7-5-6-8-18(16)19(12-17)27(2,3)4/h5-14H,1-4H3. The molecule has 0 unspecified atom stereocenters. The number of nitrogens with zero attached hydrogens (tertiary/aromatic N) is 2. The second-order valence-electron chi connectivity index (χ2n) is 9.23. The van der Waals surface area contributed by atoms with E-state index in [9.17, 15) is 0 Å². The molecule has 0 aliphatic heterocycles. The topological polar surface area (TPSA) is 52.1 Å². The van der Waals surface area contributed by atoms with Crippen molar-refractivity contribution in [2.24, 2.45) is 0 Å². The third-order valence-electron chi connectivity index (χ3n) is 6.10. The van der Waals surface area contributed by atoms with Gasteiger partial charge in [-0.25, -0.2) is 9.97 Å². The third kappa shape index (κ3) is 2.61. The van der Waals surface area contributed by atoms with E-state index in [4.69, 9.17) is 13.8 Å². The molecule has 0 radical (unpaired) electrons. The lowest BCUT2D eigenvalue weighted by Gasteiger charge is -2.22. The van der Waals surface area contributed by atoms with Gasteiger partial charge in [0.15, 0.2) is 0 Å². The highest BCUT2D eigenvalue weighted by Crippen LogP contribution is 2.41. The van der Waals surface area contributed by atoms with Crippen LogP contribution in [0.2, 0.25) is 0 Å². The van der Waals surface area contributed by atoms with Crippen molar-refractivity contribution < 1.29 is 8.83 Å². The first-order valence-corrected chi connectivity index (χ1v) is 10.5. The van der Waals surface area contributed by atoms with E-state index in [0.29, 0.717) is 5.71 Å². The summed E-state index contributed by atoms with van der Waals surface area (Å²) in [7, 11) is 0. The molecule has 0 amide bonds. The molecule has 0 aliphatic carbocycles. The van der Waals surface area contributed by atoms with E-state index in [0.717, 1.165) is 44.1 Å². The molecule has 4 heteroatoms. The van der Waals surface area contributed by atoms with Crippen LogP contribution in [0.15, 0.2) is 70.0 Å². The van der Waals surface area contributed by atoms with Gasteiger partial charge >= 0.3 is 0 Å². The van der Waals surface area contributed by atoms with Crippen LogP contribution >= 0.6 is 0 Å². The lowest BCUT2D eigenvalue weighted by molar-refractivity contribution is 0.596.